The van der Waals surface area contributed by atoms with E-state index in [9.17, 15) is 4.79 Å². The van der Waals surface area contributed by atoms with E-state index in [-0.39, 0.29) is 11.9 Å². The van der Waals surface area contributed by atoms with Crippen molar-refractivity contribution < 1.29 is 23.7 Å². The van der Waals surface area contributed by atoms with E-state index in [1.165, 1.54) is 5.56 Å². The number of carbonyl (C=O) groups excluding carboxylic acids is 1. The number of likely N-dealkylation sites (N-methyl/N-ethyl adjacent to an activating group) is 1. The Labute approximate surface area is 233 Å². The Kier molecular flexibility index (Phi) is 10.3. The molecule has 0 unspecified atom stereocenters. The lowest BCUT2D eigenvalue weighted by Crippen LogP contribution is -2.50. The van der Waals surface area contributed by atoms with E-state index in [2.05, 4.69) is 46.0 Å². The molecule has 1 amide bonds. The average molecular weight is 540 g/mol. The number of fused-ring (bicyclic) bond motifs is 1. The summed E-state index contributed by atoms with van der Waals surface area (Å²) in [6, 6.07) is 10.2. The number of piperazine rings is 1. The highest BCUT2D eigenvalue weighted by atomic mass is 16.5. The second-order valence-corrected chi connectivity index (χ2v) is 10.1. The van der Waals surface area contributed by atoms with Gasteiger partial charge in [0.2, 0.25) is 5.91 Å². The molecule has 0 bridgehead atoms. The van der Waals surface area contributed by atoms with Crippen LogP contribution in [0.5, 0.6) is 23.0 Å². The van der Waals surface area contributed by atoms with Gasteiger partial charge in [-0.3, -0.25) is 9.69 Å². The first-order valence-corrected chi connectivity index (χ1v) is 14.5. The molecular formula is C31H45N3O5. The summed E-state index contributed by atoms with van der Waals surface area (Å²) < 4.78 is 23.6. The molecule has 0 spiro atoms. The third-order valence-corrected chi connectivity index (χ3v) is 7.47. The molecule has 2 aromatic carbocycles. The standard InChI is InChI=1S/C31H45N3O5/c1-6-36-27-11-10-23(19-28(27)37-7-2)18-26-25-21-30(39-9-4)29(38-8-3)20-24(25)12-13-34(26)31(35)22-33-16-14-32(5)15-17-33/h10-11,19-21,26H,6-9,12-18,22H2,1-5H3/t26-/m0/s1. The van der Waals surface area contributed by atoms with Gasteiger partial charge in [0.25, 0.3) is 0 Å². The Hall–Kier alpha value is -2.97. The van der Waals surface area contributed by atoms with Gasteiger partial charge < -0.3 is 28.7 Å². The van der Waals surface area contributed by atoms with Crippen molar-refractivity contribution in [3.05, 3.63) is 47.0 Å². The second kappa shape index (κ2) is 13.9. The van der Waals surface area contributed by atoms with Crippen LogP contribution in [0.15, 0.2) is 30.3 Å². The molecule has 2 heterocycles. The smallest absolute Gasteiger partial charge is 0.237 e. The van der Waals surface area contributed by atoms with E-state index < -0.39 is 0 Å². The lowest BCUT2D eigenvalue weighted by Gasteiger charge is -2.40. The molecule has 1 fully saturated rings. The van der Waals surface area contributed by atoms with Gasteiger partial charge in [0.05, 0.1) is 39.0 Å². The van der Waals surface area contributed by atoms with Crippen molar-refractivity contribution in [1.29, 1.82) is 0 Å². The van der Waals surface area contributed by atoms with Crippen LogP contribution in [0.1, 0.15) is 50.4 Å². The first-order chi connectivity index (χ1) is 19.0. The number of benzene rings is 2. The maximum atomic E-state index is 13.8. The molecule has 214 valence electrons. The topological polar surface area (TPSA) is 63.7 Å². The molecule has 2 aliphatic rings. The summed E-state index contributed by atoms with van der Waals surface area (Å²) in [6.07, 6.45) is 1.47. The van der Waals surface area contributed by atoms with Gasteiger partial charge in [0.1, 0.15) is 0 Å². The molecule has 0 radical (unpaired) electrons. The molecule has 8 heteroatoms. The van der Waals surface area contributed by atoms with Crippen molar-refractivity contribution in [3.63, 3.8) is 0 Å². The van der Waals surface area contributed by atoms with E-state index in [1.807, 2.05) is 33.8 Å². The van der Waals surface area contributed by atoms with Gasteiger partial charge in [0, 0.05) is 32.7 Å². The van der Waals surface area contributed by atoms with Gasteiger partial charge in [-0.2, -0.15) is 0 Å². The minimum atomic E-state index is -0.115. The first kappa shape index (κ1) is 29.0. The molecule has 1 atom stereocenters. The summed E-state index contributed by atoms with van der Waals surface area (Å²) in [6.45, 7) is 15.1. The third kappa shape index (κ3) is 7.17. The minimum Gasteiger partial charge on any atom is -0.490 e. The average Bonchev–Trinajstić information content (AvgIpc) is 2.92. The Morgan fingerprint density at radius 2 is 1.36 bits per heavy atom. The van der Waals surface area contributed by atoms with E-state index in [4.69, 9.17) is 18.9 Å². The highest BCUT2D eigenvalue weighted by Gasteiger charge is 2.33. The largest absolute Gasteiger partial charge is 0.490 e. The number of hydrogen-bond acceptors (Lipinski definition) is 7. The molecule has 4 rings (SSSR count). The van der Waals surface area contributed by atoms with Crippen LogP contribution in [0.25, 0.3) is 0 Å². The van der Waals surface area contributed by atoms with Crippen molar-refractivity contribution >= 4 is 5.91 Å². The highest BCUT2D eigenvalue weighted by molar-refractivity contribution is 5.79. The quantitative estimate of drug-likeness (QED) is 0.401. The van der Waals surface area contributed by atoms with Crippen molar-refractivity contribution in [2.75, 3.05) is 72.7 Å². The molecule has 0 aromatic heterocycles. The monoisotopic (exact) mass is 539 g/mol. The fourth-order valence-electron chi connectivity index (χ4n) is 5.50. The van der Waals surface area contributed by atoms with Gasteiger partial charge in [-0.1, -0.05) is 6.07 Å². The first-order valence-electron chi connectivity index (χ1n) is 14.5. The van der Waals surface area contributed by atoms with Crippen molar-refractivity contribution in [3.8, 4) is 23.0 Å². The lowest BCUT2D eigenvalue weighted by molar-refractivity contribution is -0.135. The maximum absolute atomic E-state index is 13.8. The van der Waals surface area contributed by atoms with Crippen molar-refractivity contribution in [1.82, 2.24) is 14.7 Å². The summed E-state index contributed by atoms with van der Waals surface area (Å²) in [4.78, 5) is 20.5. The summed E-state index contributed by atoms with van der Waals surface area (Å²) in [5, 5.41) is 0. The minimum absolute atomic E-state index is 0.115. The predicted octanol–water partition coefficient (Wildman–Crippen LogP) is 4.20. The highest BCUT2D eigenvalue weighted by Crippen LogP contribution is 2.41. The predicted molar refractivity (Wildman–Crippen MR) is 153 cm³/mol. The Balaban J connectivity index is 1.68. The molecule has 0 aliphatic carbocycles. The number of hydrogen-bond donors (Lipinski definition) is 0. The molecule has 1 saturated heterocycles. The van der Waals surface area contributed by atoms with Gasteiger partial charge in [0.15, 0.2) is 23.0 Å². The molecular weight excluding hydrogens is 494 g/mol. The summed E-state index contributed by atoms with van der Waals surface area (Å²) in [5.41, 5.74) is 3.45. The number of rotatable bonds is 12. The van der Waals surface area contributed by atoms with Crippen LogP contribution in [-0.2, 0) is 17.6 Å². The van der Waals surface area contributed by atoms with Crippen LogP contribution >= 0.6 is 0 Å². The summed E-state index contributed by atoms with van der Waals surface area (Å²) in [5.74, 6) is 3.17. The third-order valence-electron chi connectivity index (χ3n) is 7.47. The van der Waals surface area contributed by atoms with Crippen LogP contribution in [0, 0.1) is 0 Å². The molecule has 2 aliphatic heterocycles. The van der Waals surface area contributed by atoms with E-state index in [0.29, 0.717) is 45.9 Å². The van der Waals surface area contributed by atoms with Crippen LogP contribution in [-0.4, -0.2) is 93.4 Å². The van der Waals surface area contributed by atoms with Crippen LogP contribution in [0.2, 0.25) is 0 Å². The molecule has 39 heavy (non-hydrogen) atoms. The fourth-order valence-corrected chi connectivity index (χ4v) is 5.50. The zero-order valence-electron chi connectivity index (χ0n) is 24.3. The van der Waals surface area contributed by atoms with Gasteiger partial charge in [-0.25, -0.2) is 0 Å². The normalized spacial score (nSPS) is 18.0. The zero-order chi connectivity index (χ0) is 27.8. The maximum Gasteiger partial charge on any atom is 0.237 e. The molecule has 2 aromatic rings. The zero-order valence-corrected chi connectivity index (χ0v) is 24.3. The Morgan fingerprint density at radius 1 is 0.769 bits per heavy atom. The molecule has 0 N–H and O–H groups in total. The van der Waals surface area contributed by atoms with Crippen LogP contribution in [0.3, 0.4) is 0 Å². The second-order valence-electron chi connectivity index (χ2n) is 10.1. The van der Waals surface area contributed by atoms with Crippen LogP contribution in [0.4, 0.5) is 0 Å². The van der Waals surface area contributed by atoms with Gasteiger partial charge >= 0.3 is 0 Å². The van der Waals surface area contributed by atoms with Crippen LogP contribution < -0.4 is 18.9 Å². The van der Waals surface area contributed by atoms with E-state index in [1.54, 1.807) is 0 Å². The number of amides is 1. The van der Waals surface area contributed by atoms with Gasteiger partial charge in [-0.05, 0) is 88.5 Å². The summed E-state index contributed by atoms with van der Waals surface area (Å²) >= 11 is 0. The van der Waals surface area contributed by atoms with Crippen molar-refractivity contribution in [2.24, 2.45) is 0 Å². The summed E-state index contributed by atoms with van der Waals surface area (Å²) in [7, 11) is 2.14. The Morgan fingerprint density at radius 3 is 2.00 bits per heavy atom. The molecule has 0 saturated carbocycles. The number of nitrogens with zero attached hydrogens (tertiary/aromatic N) is 3. The lowest BCUT2D eigenvalue weighted by atomic mass is 9.88. The van der Waals surface area contributed by atoms with Crippen molar-refractivity contribution in [2.45, 2.75) is 46.6 Å². The fraction of sp³-hybridized carbons (Fsp3) is 0.581. The number of ether oxygens (including phenoxy) is 4. The molecule has 8 nitrogen and oxygen atoms in total. The Bertz CT molecular complexity index is 1100. The van der Waals surface area contributed by atoms with Gasteiger partial charge in [-0.15, -0.1) is 0 Å². The van der Waals surface area contributed by atoms with E-state index >= 15 is 0 Å². The van der Waals surface area contributed by atoms with E-state index in [0.717, 1.165) is 66.7 Å². The number of carbonyl (C=O) groups is 1. The SMILES string of the molecule is CCOc1ccc(C[C@H]2c3cc(OCC)c(OCC)cc3CCN2C(=O)CN2CCN(C)CC2)cc1OCC.